The molecule has 0 saturated heterocycles. The Morgan fingerprint density at radius 1 is 0.388 bits per heavy atom. The lowest BCUT2D eigenvalue weighted by Crippen LogP contribution is -2.48. The molecule has 4 atom stereocenters. The molecule has 0 aliphatic heterocycles. The molecule has 0 aromatic heterocycles. The van der Waals surface area contributed by atoms with Crippen molar-refractivity contribution in [3.63, 3.8) is 0 Å². The second-order valence-corrected chi connectivity index (χ2v) is 17.0. The maximum Gasteiger partial charge on any atom is 0.111 e. The lowest BCUT2D eigenvalue weighted by molar-refractivity contribution is -0.111. The van der Waals surface area contributed by atoms with Crippen LogP contribution in [0.3, 0.4) is 0 Å². The van der Waals surface area contributed by atoms with Crippen LogP contribution in [0.15, 0.2) is 24.3 Å². The highest BCUT2D eigenvalue weighted by Crippen LogP contribution is 2.31. The van der Waals surface area contributed by atoms with Crippen LogP contribution >= 0.6 is 23.5 Å². The molecule has 0 fully saturated rings. The Morgan fingerprint density at radius 3 is 1.02 bits per heavy atom. The van der Waals surface area contributed by atoms with Crippen molar-refractivity contribution in [1.29, 1.82) is 0 Å². The summed E-state index contributed by atoms with van der Waals surface area (Å²) >= 11 is 3.30. The van der Waals surface area contributed by atoms with Crippen molar-refractivity contribution in [1.82, 2.24) is 0 Å². The first kappa shape index (κ1) is 49.0. The summed E-state index contributed by atoms with van der Waals surface area (Å²) in [5.41, 5.74) is 0. The van der Waals surface area contributed by atoms with Crippen LogP contribution in [0.5, 0.6) is 0 Å². The van der Waals surface area contributed by atoms with Gasteiger partial charge in [-0.05, 0) is 75.7 Å². The SMILES string of the molecule is CCCCCCCC/C=C\CCCCCCCCSC(SCCCCCCCC/C=C\CCCCCCCC)[C@H](O)[C@@H](O)[C@H](O)[C@H](O)CO. The van der Waals surface area contributed by atoms with E-state index in [9.17, 15) is 25.5 Å². The molecule has 0 radical (unpaired) electrons. The maximum absolute atomic E-state index is 10.9. The van der Waals surface area contributed by atoms with Crippen LogP contribution < -0.4 is 0 Å². The van der Waals surface area contributed by atoms with Crippen LogP contribution in [-0.2, 0) is 0 Å². The topological polar surface area (TPSA) is 101 Å². The van der Waals surface area contributed by atoms with Gasteiger partial charge in [-0.3, -0.25) is 0 Å². The van der Waals surface area contributed by atoms with Crippen LogP contribution in [0.2, 0.25) is 0 Å². The van der Waals surface area contributed by atoms with Crippen LogP contribution in [0, 0.1) is 0 Å². The summed E-state index contributed by atoms with van der Waals surface area (Å²) in [4.78, 5) is 0. The van der Waals surface area contributed by atoms with Gasteiger partial charge >= 0.3 is 0 Å². The summed E-state index contributed by atoms with van der Waals surface area (Å²) in [6.45, 7) is 3.88. The van der Waals surface area contributed by atoms with E-state index in [1.165, 1.54) is 154 Å². The van der Waals surface area contributed by atoms with E-state index in [1.807, 2.05) is 0 Å². The van der Waals surface area contributed by atoms with Crippen molar-refractivity contribution in [2.75, 3.05) is 18.1 Å². The average Bonchev–Trinajstić information content (AvgIpc) is 3.11. The Labute approximate surface area is 313 Å². The summed E-state index contributed by atoms with van der Waals surface area (Å²) in [6.07, 6.45) is 39.5. The Balaban J connectivity index is 4.11. The molecule has 0 aromatic carbocycles. The molecule has 5 N–H and O–H groups in total. The molecule has 0 saturated carbocycles. The molecule has 0 aromatic rings. The molecule has 5 nitrogen and oxygen atoms in total. The molecular weight excluding hydrogens is 649 g/mol. The van der Waals surface area contributed by atoms with Gasteiger partial charge in [-0.25, -0.2) is 0 Å². The normalized spacial score (nSPS) is 14.8. The first-order valence-corrected chi connectivity index (χ1v) is 23.0. The van der Waals surface area contributed by atoms with Gasteiger partial charge in [-0.1, -0.05) is 154 Å². The summed E-state index contributed by atoms with van der Waals surface area (Å²) < 4.78 is -0.276. The number of aliphatic hydroxyl groups is 5. The predicted octanol–water partition coefficient (Wildman–Crippen LogP) is 11.3. The second-order valence-electron chi connectivity index (χ2n) is 14.2. The van der Waals surface area contributed by atoms with E-state index in [1.54, 1.807) is 23.5 Å². The Hall–Kier alpha value is -0.0200. The van der Waals surface area contributed by atoms with Crippen LogP contribution in [0.1, 0.15) is 194 Å². The van der Waals surface area contributed by atoms with Gasteiger partial charge in [0, 0.05) is 0 Å². The lowest BCUT2D eigenvalue weighted by atomic mass is 10.0. The highest BCUT2D eigenvalue weighted by atomic mass is 32.2. The third-order valence-electron chi connectivity index (χ3n) is 9.44. The van der Waals surface area contributed by atoms with E-state index < -0.39 is 31.0 Å². The first-order chi connectivity index (χ1) is 24.0. The largest absolute Gasteiger partial charge is 0.394 e. The van der Waals surface area contributed by atoms with Gasteiger partial charge in [-0.2, -0.15) is 0 Å². The van der Waals surface area contributed by atoms with E-state index in [0.717, 1.165) is 37.2 Å². The van der Waals surface area contributed by atoms with Crippen molar-refractivity contribution in [3.8, 4) is 0 Å². The van der Waals surface area contributed by atoms with E-state index in [4.69, 9.17) is 0 Å². The fraction of sp³-hybridized carbons (Fsp3) is 0.905. The van der Waals surface area contributed by atoms with E-state index in [-0.39, 0.29) is 4.58 Å². The van der Waals surface area contributed by atoms with Gasteiger partial charge < -0.3 is 25.5 Å². The summed E-state index contributed by atoms with van der Waals surface area (Å²) in [5.74, 6) is 1.80. The fourth-order valence-electron chi connectivity index (χ4n) is 6.04. The molecule has 0 aliphatic rings. The molecular formula is C42H82O5S2. The summed E-state index contributed by atoms with van der Waals surface area (Å²) in [6, 6.07) is 0. The average molecular weight is 731 g/mol. The Morgan fingerprint density at radius 2 is 0.694 bits per heavy atom. The highest BCUT2D eigenvalue weighted by Gasteiger charge is 2.35. The van der Waals surface area contributed by atoms with Crippen molar-refractivity contribution < 1.29 is 25.5 Å². The fourth-order valence-corrected chi connectivity index (χ4v) is 8.93. The quantitative estimate of drug-likeness (QED) is 0.0244. The smallest absolute Gasteiger partial charge is 0.111 e. The van der Waals surface area contributed by atoms with Crippen LogP contribution in [-0.4, -0.2) is 72.6 Å². The minimum atomic E-state index is -1.57. The maximum atomic E-state index is 10.9. The molecule has 292 valence electrons. The molecule has 7 heteroatoms. The third-order valence-corrected chi connectivity index (χ3v) is 12.5. The number of allylic oxidation sites excluding steroid dienone is 4. The Bertz CT molecular complexity index is 663. The monoisotopic (exact) mass is 731 g/mol. The Kier molecular flexibility index (Phi) is 39.2. The van der Waals surface area contributed by atoms with Crippen LogP contribution in [0.25, 0.3) is 0 Å². The second kappa shape index (κ2) is 39.2. The van der Waals surface area contributed by atoms with Gasteiger partial charge in [0.05, 0.1) is 11.2 Å². The molecule has 0 amide bonds. The minimum Gasteiger partial charge on any atom is -0.394 e. The minimum absolute atomic E-state index is 0.276. The third kappa shape index (κ3) is 32.4. The van der Waals surface area contributed by atoms with E-state index >= 15 is 0 Å². The zero-order valence-electron chi connectivity index (χ0n) is 32.2. The molecule has 49 heavy (non-hydrogen) atoms. The van der Waals surface area contributed by atoms with Crippen LogP contribution in [0.4, 0.5) is 0 Å². The first-order valence-electron chi connectivity index (χ1n) is 20.9. The van der Waals surface area contributed by atoms with Gasteiger partial charge in [0.2, 0.25) is 0 Å². The molecule has 0 aliphatic carbocycles. The molecule has 0 unspecified atom stereocenters. The summed E-state index contributed by atoms with van der Waals surface area (Å²) in [5, 5.41) is 50.6. The van der Waals surface area contributed by atoms with E-state index in [2.05, 4.69) is 38.2 Å². The number of rotatable bonds is 39. The standard InChI is InChI=1S/C42H82O5S2/c1-3-5-7-9-11-13-15-17-19-21-23-25-27-29-31-33-35-48-42(41(47)40(46)39(45)38(44)37-43)49-36-34-32-30-28-26-24-22-20-18-16-14-12-10-8-6-4-2/h17-20,38-47H,3-16,21-37H2,1-2H3/b19-17-,20-18-/t38-,39-,40+,41-/m1/s1. The summed E-state index contributed by atoms with van der Waals surface area (Å²) in [7, 11) is 0. The van der Waals surface area contributed by atoms with Gasteiger partial charge in [0.1, 0.15) is 24.4 Å². The molecule has 0 heterocycles. The van der Waals surface area contributed by atoms with Crippen molar-refractivity contribution in [2.24, 2.45) is 0 Å². The highest BCUT2D eigenvalue weighted by molar-refractivity contribution is 8.17. The molecule has 0 bridgehead atoms. The van der Waals surface area contributed by atoms with E-state index in [0.29, 0.717) is 0 Å². The van der Waals surface area contributed by atoms with Gasteiger partial charge in [0.15, 0.2) is 0 Å². The molecule has 0 spiro atoms. The van der Waals surface area contributed by atoms with Crippen molar-refractivity contribution in [2.45, 2.75) is 223 Å². The zero-order chi connectivity index (χ0) is 36.0. The van der Waals surface area contributed by atoms with Gasteiger partial charge in [-0.15, -0.1) is 23.5 Å². The van der Waals surface area contributed by atoms with Crippen molar-refractivity contribution in [3.05, 3.63) is 24.3 Å². The number of unbranched alkanes of at least 4 members (excludes halogenated alkanes) is 24. The zero-order valence-corrected chi connectivity index (χ0v) is 33.8. The number of hydrogen-bond donors (Lipinski definition) is 5. The number of hydrogen-bond acceptors (Lipinski definition) is 7. The predicted molar refractivity (Wildman–Crippen MR) is 219 cm³/mol. The van der Waals surface area contributed by atoms with Crippen molar-refractivity contribution >= 4 is 23.5 Å². The lowest BCUT2D eigenvalue weighted by Gasteiger charge is -2.30. The number of thioether (sulfide) groups is 2. The van der Waals surface area contributed by atoms with Gasteiger partial charge in [0.25, 0.3) is 0 Å². The number of aliphatic hydroxyl groups excluding tert-OH is 5. The molecule has 0 rings (SSSR count).